The number of amides is 1. The van der Waals surface area contributed by atoms with E-state index in [2.05, 4.69) is 10.0 Å². The van der Waals surface area contributed by atoms with Gasteiger partial charge in [-0.05, 0) is 55.3 Å². The van der Waals surface area contributed by atoms with Crippen LogP contribution in [0.2, 0.25) is 5.02 Å². The third kappa shape index (κ3) is 4.86. The SMILES string of the molecule is O=C(COc1ccc(S(=O)(=O)Nc2ccc(F)cc2)cc1Cl)NC1CC1. The monoisotopic (exact) mass is 398 g/mol. The zero-order valence-electron chi connectivity index (χ0n) is 13.5. The second-order valence-corrected chi connectivity index (χ2v) is 7.92. The number of anilines is 1. The first kappa shape index (κ1) is 18.5. The van der Waals surface area contributed by atoms with Crippen molar-refractivity contribution in [1.82, 2.24) is 5.32 Å². The molecule has 138 valence electrons. The van der Waals surface area contributed by atoms with E-state index in [0.717, 1.165) is 25.0 Å². The van der Waals surface area contributed by atoms with Crippen molar-refractivity contribution < 1.29 is 22.3 Å². The maximum Gasteiger partial charge on any atom is 0.261 e. The molecule has 0 aromatic heterocycles. The first-order valence-electron chi connectivity index (χ1n) is 7.83. The van der Waals surface area contributed by atoms with Crippen LogP contribution in [-0.4, -0.2) is 27.0 Å². The molecule has 1 saturated carbocycles. The van der Waals surface area contributed by atoms with Gasteiger partial charge in [0.1, 0.15) is 11.6 Å². The van der Waals surface area contributed by atoms with Gasteiger partial charge in [-0.2, -0.15) is 0 Å². The van der Waals surface area contributed by atoms with E-state index in [4.69, 9.17) is 16.3 Å². The number of hydrogen-bond acceptors (Lipinski definition) is 4. The molecule has 0 radical (unpaired) electrons. The second-order valence-electron chi connectivity index (χ2n) is 5.84. The third-order valence-corrected chi connectivity index (χ3v) is 5.29. The van der Waals surface area contributed by atoms with Gasteiger partial charge in [0.15, 0.2) is 6.61 Å². The van der Waals surface area contributed by atoms with E-state index in [1.807, 2.05) is 0 Å². The van der Waals surface area contributed by atoms with Gasteiger partial charge in [-0.1, -0.05) is 11.6 Å². The first-order chi connectivity index (χ1) is 12.3. The van der Waals surface area contributed by atoms with Gasteiger partial charge in [-0.15, -0.1) is 0 Å². The number of ether oxygens (including phenoxy) is 1. The average molecular weight is 399 g/mol. The van der Waals surface area contributed by atoms with Crippen molar-refractivity contribution in [3.05, 3.63) is 53.3 Å². The molecule has 1 fully saturated rings. The minimum atomic E-state index is -3.90. The van der Waals surface area contributed by atoms with Crippen LogP contribution in [0.4, 0.5) is 10.1 Å². The van der Waals surface area contributed by atoms with E-state index < -0.39 is 15.8 Å². The quantitative estimate of drug-likeness (QED) is 0.751. The Morgan fingerprint density at radius 2 is 1.88 bits per heavy atom. The maximum atomic E-state index is 12.9. The fourth-order valence-electron chi connectivity index (χ4n) is 2.14. The molecule has 2 N–H and O–H groups in total. The normalized spacial score (nSPS) is 13.9. The highest BCUT2D eigenvalue weighted by Gasteiger charge is 2.23. The molecule has 1 aliphatic carbocycles. The van der Waals surface area contributed by atoms with Crippen molar-refractivity contribution in [3.63, 3.8) is 0 Å². The number of rotatable bonds is 7. The molecule has 6 nitrogen and oxygen atoms in total. The molecule has 26 heavy (non-hydrogen) atoms. The summed E-state index contributed by atoms with van der Waals surface area (Å²) in [6.07, 6.45) is 1.94. The maximum absolute atomic E-state index is 12.9. The Kier molecular flexibility index (Phi) is 5.33. The van der Waals surface area contributed by atoms with Gasteiger partial charge >= 0.3 is 0 Å². The lowest BCUT2D eigenvalue weighted by atomic mass is 10.3. The van der Waals surface area contributed by atoms with Crippen molar-refractivity contribution in [1.29, 1.82) is 0 Å². The number of carbonyl (C=O) groups is 1. The minimum absolute atomic E-state index is 0.0613. The molecule has 0 bridgehead atoms. The first-order valence-corrected chi connectivity index (χ1v) is 9.70. The summed E-state index contributed by atoms with van der Waals surface area (Å²) in [6.45, 7) is -0.198. The molecule has 0 unspecified atom stereocenters. The summed E-state index contributed by atoms with van der Waals surface area (Å²) in [4.78, 5) is 11.5. The number of hydrogen-bond donors (Lipinski definition) is 2. The molecule has 0 saturated heterocycles. The fourth-order valence-corrected chi connectivity index (χ4v) is 3.52. The van der Waals surface area contributed by atoms with E-state index in [1.54, 1.807) is 0 Å². The lowest BCUT2D eigenvalue weighted by Crippen LogP contribution is -2.30. The lowest BCUT2D eigenvalue weighted by molar-refractivity contribution is -0.123. The van der Waals surface area contributed by atoms with E-state index in [0.29, 0.717) is 0 Å². The Morgan fingerprint density at radius 3 is 2.50 bits per heavy atom. The van der Waals surface area contributed by atoms with E-state index >= 15 is 0 Å². The van der Waals surface area contributed by atoms with Crippen LogP contribution in [0.25, 0.3) is 0 Å². The van der Waals surface area contributed by atoms with Crippen molar-refractivity contribution in [3.8, 4) is 5.75 Å². The highest BCUT2D eigenvalue weighted by atomic mass is 35.5. The summed E-state index contributed by atoms with van der Waals surface area (Å²) in [5.41, 5.74) is 0.222. The minimum Gasteiger partial charge on any atom is -0.482 e. The van der Waals surface area contributed by atoms with Crippen molar-refractivity contribution in [2.24, 2.45) is 0 Å². The summed E-state index contributed by atoms with van der Waals surface area (Å²) < 4.78 is 45.3. The van der Waals surface area contributed by atoms with Gasteiger partial charge in [0.05, 0.1) is 9.92 Å². The van der Waals surface area contributed by atoms with Crippen LogP contribution in [0, 0.1) is 5.82 Å². The predicted molar refractivity (Wildman–Crippen MR) is 95.3 cm³/mol. The van der Waals surface area contributed by atoms with Gasteiger partial charge in [-0.3, -0.25) is 9.52 Å². The molecule has 0 aliphatic heterocycles. The summed E-state index contributed by atoms with van der Waals surface area (Å²) in [5, 5.41) is 2.83. The van der Waals surface area contributed by atoms with Crippen molar-refractivity contribution in [2.75, 3.05) is 11.3 Å². The van der Waals surface area contributed by atoms with Crippen LogP contribution >= 0.6 is 11.6 Å². The van der Waals surface area contributed by atoms with E-state index in [1.165, 1.54) is 30.3 Å². The fraction of sp³-hybridized carbons (Fsp3) is 0.235. The molecular formula is C17H16ClFN2O4S. The van der Waals surface area contributed by atoms with Crippen LogP contribution in [0.3, 0.4) is 0 Å². The Labute approximate surface area is 155 Å². The number of nitrogens with one attached hydrogen (secondary N) is 2. The van der Waals surface area contributed by atoms with Crippen molar-refractivity contribution >= 4 is 33.2 Å². The summed E-state index contributed by atoms with van der Waals surface area (Å²) >= 11 is 6.06. The Balaban J connectivity index is 1.67. The Bertz CT molecular complexity index is 915. The zero-order valence-corrected chi connectivity index (χ0v) is 15.1. The van der Waals surface area contributed by atoms with E-state index in [9.17, 15) is 17.6 Å². The number of benzene rings is 2. The molecule has 2 aromatic carbocycles. The highest BCUT2D eigenvalue weighted by Crippen LogP contribution is 2.28. The molecule has 0 spiro atoms. The topological polar surface area (TPSA) is 84.5 Å². The Morgan fingerprint density at radius 1 is 1.19 bits per heavy atom. The van der Waals surface area contributed by atoms with Gasteiger partial charge < -0.3 is 10.1 Å². The number of halogens is 2. The Hall–Kier alpha value is -2.32. The van der Waals surface area contributed by atoms with Gasteiger partial charge in [-0.25, -0.2) is 12.8 Å². The smallest absolute Gasteiger partial charge is 0.261 e. The van der Waals surface area contributed by atoms with Crippen LogP contribution in [-0.2, 0) is 14.8 Å². The zero-order chi connectivity index (χ0) is 18.7. The van der Waals surface area contributed by atoms with Crippen LogP contribution in [0.1, 0.15) is 12.8 Å². The second kappa shape index (κ2) is 7.51. The summed E-state index contributed by atoms with van der Waals surface area (Å²) in [6, 6.07) is 9.06. The summed E-state index contributed by atoms with van der Waals surface area (Å²) in [5.74, 6) is -0.514. The molecule has 0 heterocycles. The molecule has 9 heteroatoms. The average Bonchev–Trinajstić information content (AvgIpc) is 3.39. The molecule has 2 aromatic rings. The van der Waals surface area contributed by atoms with Gasteiger partial charge in [0.2, 0.25) is 0 Å². The highest BCUT2D eigenvalue weighted by molar-refractivity contribution is 7.92. The van der Waals surface area contributed by atoms with Gasteiger partial charge in [0.25, 0.3) is 15.9 Å². The van der Waals surface area contributed by atoms with Gasteiger partial charge in [0, 0.05) is 11.7 Å². The molecule has 3 rings (SSSR count). The number of carbonyl (C=O) groups excluding carboxylic acids is 1. The molecule has 0 atom stereocenters. The standard InChI is InChI=1S/C17H16ClFN2O4S/c18-15-9-14(26(23,24)21-13-3-1-11(19)2-4-13)7-8-16(15)25-10-17(22)20-12-5-6-12/h1-4,7-9,12,21H,5-6,10H2,(H,20,22). The van der Waals surface area contributed by atoms with Crippen molar-refractivity contribution in [2.45, 2.75) is 23.8 Å². The summed E-state index contributed by atoms with van der Waals surface area (Å²) in [7, 11) is -3.90. The third-order valence-electron chi connectivity index (χ3n) is 3.61. The van der Waals surface area contributed by atoms with Crippen LogP contribution in [0.5, 0.6) is 5.75 Å². The molecule has 1 aliphatic rings. The number of sulfonamides is 1. The van der Waals surface area contributed by atoms with Crippen LogP contribution in [0.15, 0.2) is 47.4 Å². The lowest BCUT2D eigenvalue weighted by Gasteiger charge is -2.11. The largest absolute Gasteiger partial charge is 0.482 e. The molecule has 1 amide bonds. The van der Waals surface area contributed by atoms with E-state index in [-0.39, 0.29) is 39.9 Å². The predicted octanol–water partition coefficient (Wildman–Crippen LogP) is 2.94. The molecular weight excluding hydrogens is 383 g/mol. The van der Waals surface area contributed by atoms with Crippen LogP contribution < -0.4 is 14.8 Å².